The molecule has 0 bridgehead atoms. The van der Waals surface area contributed by atoms with Gasteiger partial charge in [-0.3, -0.25) is 14.9 Å². The van der Waals surface area contributed by atoms with Crippen molar-refractivity contribution in [1.82, 2.24) is 15.0 Å². The molecule has 0 unspecified atom stereocenters. The number of hydrogen-bond acceptors (Lipinski definition) is 6. The van der Waals surface area contributed by atoms with Crippen molar-refractivity contribution < 1.29 is 14.2 Å². The number of rotatable bonds is 9. The van der Waals surface area contributed by atoms with E-state index in [1.807, 2.05) is 49.1 Å². The minimum Gasteiger partial charge on any atom is -0.339 e. The van der Waals surface area contributed by atoms with Crippen molar-refractivity contribution in [2.75, 3.05) is 6.54 Å². The average Bonchev–Trinajstić information content (AvgIpc) is 3.20. The van der Waals surface area contributed by atoms with Crippen LogP contribution in [0.5, 0.6) is 0 Å². The molecule has 0 spiro atoms. The van der Waals surface area contributed by atoms with Gasteiger partial charge in [0.25, 0.3) is 5.69 Å². The van der Waals surface area contributed by atoms with Crippen molar-refractivity contribution >= 4 is 11.6 Å². The van der Waals surface area contributed by atoms with Crippen LogP contribution in [-0.4, -0.2) is 32.4 Å². The number of carbonyl (C=O) groups is 1. The normalized spacial score (nSPS) is 10.9. The topological polar surface area (TPSA) is 102 Å². The summed E-state index contributed by atoms with van der Waals surface area (Å²) in [6.45, 7) is 5.03. The van der Waals surface area contributed by atoms with E-state index in [0.717, 1.165) is 5.56 Å². The molecule has 0 aliphatic heterocycles. The van der Waals surface area contributed by atoms with E-state index in [-0.39, 0.29) is 17.5 Å². The lowest BCUT2D eigenvalue weighted by Crippen LogP contribution is -2.33. The third-order valence-corrected chi connectivity index (χ3v) is 4.55. The van der Waals surface area contributed by atoms with Gasteiger partial charge < -0.3 is 9.42 Å². The number of nitrogens with zero attached hydrogens (tertiary/aromatic N) is 4. The van der Waals surface area contributed by atoms with Crippen molar-refractivity contribution in [1.29, 1.82) is 0 Å². The summed E-state index contributed by atoms with van der Waals surface area (Å²) >= 11 is 0. The van der Waals surface area contributed by atoms with Crippen LogP contribution in [0.25, 0.3) is 11.4 Å². The minimum absolute atomic E-state index is 0.00249. The Bertz CT molecular complexity index is 984. The van der Waals surface area contributed by atoms with Crippen LogP contribution < -0.4 is 0 Å². The Morgan fingerprint density at radius 3 is 2.47 bits per heavy atom. The zero-order valence-electron chi connectivity index (χ0n) is 17.0. The molecule has 0 saturated heterocycles. The first-order valence-corrected chi connectivity index (χ1v) is 9.81. The number of non-ortho nitro benzene ring substituents is 1. The van der Waals surface area contributed by atoms with Crippen molar-refractivity contribution in [3.05, 3.63) is 76.2 Å². The van der Waals surface area contributed by atoms with E-state index < -0.39 is 4.92 Å². The molecule has 3 rings (SSSR count). The number of amides is 1. The molecule has 0 radical (unpaired) electrons. The Morgan fingerprint density at radius 2 is 1.83 bits per heavy atom. The van der Waals surface area contributed by atoms with Gasteiger partial charge in [0.1, 0.15) is 0 Å². The first-order valence-electron chi connectivity index (χ1n) is 9.81. The van der Waals surface area contributed by atoms with E-state index in [0.29, 0.717) is 43.2 Å². The van der Waals surface area contributed by atoms with Gasteiger partial charge >= 0.3 is 0 Å². The zero-order valence-corrected chi connectivity index (χ0v) is 17.0. The fourth-order valence-electron chi connectivity index (χ4n) is 3.01. The Morgan fingerprint density at radius 1 is 1.13 bits per heavy atom. The fraction of sp³-hybridized carbons (Fsp3) is 0.318. The van der Waals surface area contributed by atoms with E-state index >= 15 is 0 Å². The number of aromatic nitrogens is 2. The molecule has 1 heterocycles. The summed E-state index contributed by atoms with van der Waals surface area (Å²) in [7, 11) is 0. The van der Waals surface area contributed by atoms with Crippen LogP contribution in [0.1, 0.15) is 31.7 Å². The zero-order chi connectivity index (χ0) is 21.5. The Hall–Kier alpha value is -3.55. The number of benzene rings is 2. The summed E-state index contributed by atoms with van der Waals surface area (Å²) in [5, 5.41) is 14.7. The Labute approximate surface area is 174 Å². The van der Waals surface area contributed by atoms with Crippen molar-refractivity contribution in [2.45, 2.75) is 33.2 Å². The first-order chi connectivity index (χ1) is 14.4. The standard InChI is InChI=1S/C22H24N4O4/c1-16(2)14-21(27)25(15-17-6-4-3-5-7-17)13-12-20-23-22(24-30-20)18-8-10-19(11-9-18)26(28)29/h3-11,16H,12-15H2,1-2H3. The van der Waals surface area contributed by atoms with Crippen LogP contribution in [0.15, 0.2) is 59.1 Å². The minimum atomic E-state index is -0.457. The molecule has 0 aliphatic carbocycles. The summed E-state index contributed by atoms with van der Waals surface area (Å²) in [5.74, 6) is 1.14. The SMILES string of the molecule is CC(C)CC(=O)N(CCc1nc(-c2ccc([N+](=O)[O-])cc2)no1)Cc1ccccc1. The Balaban J connectivity index is 1.67. The second-order valence-corrected chi connectivity index (χ2v) is 7.46. The first kappa shape index (κ1) is 21.2. The van der Waals surface area contributed by atoms with Gasteiger partial charge in [-0.15, -0.1) is 0 Å². The van der Waals surface area contributed by atoms with Crippen LogP contribution in [0.4, 0.5) is 5.69 Å². The lowest BCUT2D eigenvalue weighted by Gasteiger charge is -2.23. The molecule has 1 amide bonds. The van der Waals surface area contributed by atoms with Crippen molar-refractivity contribution in [2.24, 2.45) is 5.92 Å². The number of hydrogen-bond donors (Lipinski definition) is 0. The van der Waals surface area contributed by atoms with Crippen LogP contribution >= 0.6 is 0 Å². The number of nitro benzene ring substituents is 1. The van der Waals surface area contributed by atoms with E-state index in [4.69, 9.17) is 4.52 Å². The van der Waals surface area contributed by atoms with Crippen molar-refractivity contribution in [3.63, 3.8) is 0 Å². The molecule has 8 heteroatoms. The molecule has 0 aliphatic rings. The van der Waals surface area contributed by atoms with Gasteiger partial charge in [-0.05, 0) is 23.6 Å². The Kier molecular flexibility index (Phi) is 6.90. The van der Waals surface area contributed by atoms with E-state index in [1.54, 1.807) is 12.1 Å². The second-order valence-electron chi connectivity index (χ2n) is 7.46. The lowest BCUT2D eigenvalue weighted by atomic mass is 10.1. The number of carbonyl (C=O) groups excluding carboxylic acids is 1. The van der Waals surface area contributed by atoms with Crippen LogP contribution in [0.2, 0.25) is 0 Å². The molecule has 0 N–H and O–H groups in total. The van der Waals surface area contributed by atoms with Gasteiger partial charge in [0.15, 0.2) is 0 Å². The molecule has 0 atom stereocenters. The molecule has 1 aromatic heterocycles. The monoisotopic (exact) mass is 408 g/mol. The third kappa shape index (κ3) is 5.73. The molecule has 2 aromatic carbocycles. The molecule has 3 aromatic rings. The van der Waals surface area contributed by atoms with Gasteiger partial charge in [-0.25, -0.2) is 0 Å². The molecule has 30 heavy (non-hydrogen) atoms. The highest BCUT2D eigenvalue weighted by Crippen LogP contribution is 2.20. The largest absolute Gasteiger partial charge is 0.339 e. The summed E-state index contributed by atoms with van der Waals surface area (Å²) in [6.07, 6.45) is 0.904. The predicted molar refractivity (Wildman–Crippen MR) is 111 cm³/mol. The summed E-state index contributed by atoms with van der Waals surface area (Å²) in [5.41, 5.74) is 1.70. The van der Waals surface area contributed by atoms with Gasteiger partial charge in [0.05, 0.1) is 4.92 Å². The molecule has 0 saturated carbocycles. The van der Waals surface area contributed by atoms with Gasteiger partial charge in [0.2, 0.25) is 17.6 Å². The predicted octanol–water partition coefficient (Wildman–Crippen LogP) is 4.26. The molecular weight excluding hydrogens is 384 g/mol. The van der Waals surface area contributed by atoms with Crippen LogP contribution in [0, 0.1) is 16.0 Å². The van der Waals surface area contributed by atoms with Gasteiger partial charge in [-0.2, -0.15) is 4.98 Å². The van der Waals surface area contributed by atoms with Gasteiger partial charge in [-0.1, -0.05) is 49.3 Å². The average molecular weight is 408 g/mol. The maximum Gasteiger partial charge on any atom is 0.269 e. The summed E-state index contributed by atoms with van der Waals surface area (Å²) in [6, 6.07) is 15.8. The maximum atomic E-state index is 12.7. The molecule has 8 nitrogen and oxygen atoms in total. The maximum absolute atomic E-state index is 12.7. The summed E-state index contributed by atoms with van der Waals surface area (Å²) < 4.78 is 5.33. The van der Waals surface area contributed by atoms with E-state index in [9.17, 15) is 14.9 Å². The highest BCUT2D eigenvalue weighted by atomic mass is 16.6. The molecule has 0 fully saturated rings. The fourth-order valence-corrected chi connectivity index (χ4v) is 3.01. The van der Waals surface area contributed by atoms with Crippen LogP contribution in [0.3, 0.4) is 0 Å². The second kappa shape index (κ2) is 9.78. The van der Waals surface area contributed by atoms with Crippen molar-refractivity contribution in [3.8, 4) is 11.4 Å². The lowest BCUT2D eigenvalue weighted by molar-refractivity contribution is -0.384. The molecule has 156 valence electrons. The van der Waals surface area contributed by atoms with E-state index in [2.05, 4.69) is 10.1 Å². The van der Waals surface area contributed by atoms with Crippen LogP contribution in [-0.2, 0) is 17.8 Å². The quantitative estimate of drug-likeness (QED) is 0.387. The summed E-state index contributed by atoms with van der Waals surface area (Å²) in [4.78, 5) is 29.2. The third-order valence-electron chi connectivity index (χ3n) is 4.55. The highest BCUT2D eigenvalue weighted by Gasteiger charge is 2.18. The van der Waals surface area contributed by atoms with E-state index in [1.165, 1.54) is 12.1 Å². The molecular formula is C22H24N4O4. The smallest absolute Gasteiger partial charge is 0.269 e. The highest BCUT2D eigenvalue weighted by molar-refractivity contribution is 5.76. The van der Waals surface area contributed by atoms with Gasteiger partial charge in [0, 0.05) is 43.6 Å². The number of nitro groups is 1.